The summed E-state index contributed by atoms with van der Waals surface area (Å²) < 4.78 is 5.50. The van der Waals surface area contributed by atoms with Crippen LogP contribution in [0.1, 0.15) is 47.7 Å². The summed E-state index contributed by atoms with van der Waals surface area (Å²) in [6, 6.07) is 12.5. The van der Waals surface area contributed by atoms with Crippen molar-refractivity contribution in [2.75, 3.05) is 11.9 Å². The van der Waals surface area contributed by atoms with Crippen LogP contribution in [0.5, 0.6) is 5.75 Å². The zero-order valence-electron chi connectivity index (χ0n) is 14.7. The molecule has 0 heterocycles. The van der Waals surface area contributed by atoms with Gasteiger partial charge in [0.25, 0.3) is 5.91 Å². The van der Waals surface area contributed by atoms with E-state index in [4.69, 9.17) is 9.84 Å². The summed E-state index contributed by atoms with van der Waals surface area (Å²) in [4.78, 5) is 23.2. The number of carbonyl (C=O) groups is 2. The van der Waals surface area contributed by atoms with Gasteiger partial charge >= 0.3 is 5.97 Å². The lowest BCUT2D eigenvalue weighted by Gasteiger charge is -2.12. The van der Waals surface area contributed by atoms with Gasteiger partial charge in [-0.25, -0.2) is 4.79 Å². The van der Waals surface area contributed by atoms with E-state index in [-0.39, 0.29) is 18.1 Å². The molecule has 132 valence electrons. The minimum atomic E-state index is -1.02. The van der Waals surface area contributed by atoms with Crippen molar-refractivity contribution in [3.05, 3.63) is 59.2 Å². The first-order chi connectivity index (χ1) is 11.9. The fraction of sp³-hybridized carbons (Fsp3) is 0.300. The predicted molar refractivity (Wildman–Crippen MR) is 97.4 cm³/mol. The number of nitrogens with one attached hydrogen (secondary N) is 1. The van der Waals surface area contributed by atoms with Gasteiger partial charge in [0, 0.05) is 5.69 Å². The van der Waals surface area contributed by atoms with E-state index in [1.807, 2.05) is 24.3 Å². The molecule has 0 fully saturated rings. The molecule has 0 aliphatic heterocycles. The minimum absolute atomic E-state index is 0.139. The Morgan fingerprint density at radius 1 is 1.16 bits per heavy atom. The highest BCUT2D eigenvalue weighted by Gasteiger charge is 2.12. The molecule has 0 saturated carbocycles. The average molecular weight is 341 g/mol. The van der Waals surface area contributed by atoms with Crippen molar-refractivity contribution in [1.82, 2.24) is 0 Å². The van der Waals surface area contributed by atoms with Gasteiger partial charge in [-0.05, 0) is 54.7 Å². The molecule has 2 aromatic carbocycles. The zero-order chi connectivity index (χ0) is 18.4. The van der Waals surface area contributed by atoms with Crippen LogP contribution in [0.4, 0.5) is 5.69 Å². The topological polar surface area (TPSA) is 75.6 Å². The summed E-state index contributed by atoms with van der Waals surface area (Å²) in [5.41, 5.74) is 2.39. The quantitative estimate of drug-likeness (QED) is 0.790. The van der Waals surface area contributed by atoms with Crippen LogP contribution in [0.3, 0.4) is 0 Å². The number of carboxylic acid groups (broad SMARTS) is 1. The van der Waals surface area contributed by atoms with E-state index in [2.05, 4.69) is 19.2 Å². The molecule has 5 nitrogen and oxygen atoms in total. The summed E-state index contributed by atoms with van der Waals surface area (Å²) in [5, 5.41) is 11.8. The highest BCUT2D eigenvalue weighted by atomic mass is 16.5. The largest absolute Gasteiger partial charge is 0.484 e. The Hall–Kier alpha value is -2.82. The van der Waals surface area contributed by atoms with Crippen LogP contribution in [0.2, 0.25) is 0 Å². The number of carbonyl (C=O) groups excluding carboxylic acids is 1. The van der Waals surface area contributed by atoms with E-state index in [0.717, 1.165) is 6.42 Å². The summed E-state index contributed by atoms with van der Waals surface area (Å²) in [6.07, 6.45) is 1.07. The number of benzene rings is 2. The van der Waals surface area contributed by atoms with Gasteiger partial charge < -0.3 is 15.2 Å². The molecule has 0 aromatic heterocycles. The summed E-state index contributed by atoms with van der Waals surface area (Å²) >= 11 is 0. The number of aromatic carboxylic acids is 1. The van der Waals surface area contributed by atoms with Crippen LogP contribution >= 0.6 is 0 Å². The lowest BCUT2D eigenvalue weighted by molar-refractivity contribution is -0.118. The summed E-state index contributed by atoms with van der Waals surface area (Å²) in [7, 11) is 0. The number of carboxylic acids is 1. The molecule has 0 radical (unpaired) electrons. The Morgan fingerprint density at radius 3 is 2.44 bits per heavy atom. The van der Waals surface area contributed by atoms with Gasteiger partial charge in [0.05, 0.1) is 5.56 Å². The lowest BCUT2D eigenvalue weighted by Crippen LogP contribution is -2.21. The van der Waals surface area contributed by atoms with Gasteiger partial charge in [0.15, 0.2) is 6.61 Å². The number of anilines is 1. The molecular weight excluding hydrogens is 318 g/mol. The van der Waals surface area contributed by atoms with E-state index in [0.29, 0.717) is 22.9 Å². The molecule has 5 heteroatoms. The van der Waals surface area contributed by atoms with Crippen LogP contribution in [0.25, 0.3) is 0 Å². The second kappa shape index (κ2) is 8.33. The van der Waals surface area contributed by atoms with E-state index < -0.39 is 5.97 Å². The fourth-order valence-electron chi connectivity index (χ4n) is 2.47. The van der Waals surface area contributed by atoms with Gasteiger partial charge in [-0.1, -0.05) is 32.0 Å². The second-order valence-corrected chi connectivity index (χ2v) is 6.00. The molecule has 2 aromatic rings. The van der Waals surface area contributed by atoms with Crippen molar-refractivity contribution in [3.8, 4) is 5.75 Å². The standard InChI is InChI=1S/C20H23NO4/c1-4-13(2)15-8-10-16(11-9-15)25-12-19(22)21-18-7-5-6-17(14(18)3)20(23)24/h5-11,13H,4,12H2,1-3H3,(H,21,22)(H,23,24)/t13-/m1/s1. The Labute approximate surface area is 147 Å². The van der Waals surface area contributed by atoms with Gasteiger partial charge in [-0.3, -0.25) is 4.79 Å². The smallest absolute Gasteiger partial charge is 0.336 e. The van der Waals surface area contributed by atoms with Crippen LogP contribution in [-0.2, 0) is 4.79 Å². The normalized spacial score (nSPS) is 11.6. The molecule has 0 spiro atoms. The van der Waals surface area contributed by atoms with Crippen molar-refractivity contribution in [3.63, 3.8) is 0 Å². The first-order valence-corrected chi connectivity index (χ1v) is 8.27. The van der Waals surface area contributed by atoms with Crippen molar-refractivity contribution in [2.45, 2.75) is 33.1 Å². The van der Waals surface area contributed by atoms with Crippen LogP contribution in [0, 0.1) is 6.92 Å². The molecule has 2 N–H and O–H groups in total. The van der Waals surface area contributed by atoms with E-state index in [1.165, 1.54) is 11.6 Å². The molecule has 0 aliphatic carbocycles. The van der Waals surface area contributed by atoms with Crippen molar-refractivity contribution < 1.29 is 19.4 Å². The van der Waals surface area contributed by atoms with Gasteiger partial charge in [-0.2, -0.15) is 0 Å². The molecule has 1 atom stereocenters. The molecule has 0 saturated heterocycles. The predicted octanol–water partition coefficient (Wildman–Crippen LogP) is 4.22. The molecule has 25 heavy (non-hydrogen) atoms. The van der Waals surface area contributed by atoms with Gasteiger partial charge in [-0.15, -0.1) is 0 Å². The Kier molecular flexibility index (Phi) is 6.17. The number of hydrogen-bond donors (Lipinski definition) is 2. The summed E-state index contributed by atoms with van der Waals surface area (Å²) in [5.74, 6) is -0.247. The Balaban J connectivity index is 1.95. The zero-order valence-corrected chi connectivity index (χ0v) is 14.7. The molecular formula is C20H23NO4. The Bertz CT molecular complexity index is 753. The first kappa shape index (κ1) is 18.5. The SMILES string of the molecule is CC[C@@H](C)c1ccc(OCC(=O)Nc2cccc(C(=O)O)c2C)cc1. The molecule has 2 rings (SSSR count). The summed E-state index contributed by atoms with van der Waals surface area (Å²) in [6.45, 7) is 5.82. The molecule has 0 unspecified atom stereocenters. The number of rotatable bonds is 7. The Morgan fingerprint density at radius 2 is 1.84 bits per heavy atom. The average Bonchev–Trinajstić information content (AvgIpc) is 2.61. The number of amides is 1. The van der Waals surface area contributed by atoms with Gasteiger partial charge in [0.1, 0.15) is 5.75 Å². The van der Waals surface area contributed by atoms with Crippen LogP contribution in [0.15, 0.2) is 42.5 Å². The second-order valence-electron chi connectivity index (χ2n) is 6.00. The molecule has 1 amide bonds. The third-order valence-electron chi connectivity index (χ3n) is 4.27. The van der Waals surface area contributed by atoms with Crippen LogP contribution in [-0.4, -0.2) is 23.6 Å². The van der Waals surface area contributed by atoms with Crippen molar-refractivity contribution in [1.29, 1.82) is 0 Å². The third kappa shape index (κ3) is 4.83. The maximum atomic E-state index is 12.1. The first-order valence-electron chi connectivity index (χ1n) is 8.27. The maximum Gasteiger partial charge on any atom is 0.336 e. The lowest BCUT2D eigenvalue weighted by atomic mass is 9.99. The molecule has 0 bridgehead atoms. The van der Waals surface area contributed by atoms with E-state index in [9.17, 15) is 9.59 Å². The molecule has 0 aliphatic rings. The maximum absolute atomic E-state index is 12.1. The number of ether oxygens (including phenoxy) is 1. The minimum Gasteiger partial charge on any atom is -0.484 e. The fourth-order valence-corrected chi connectivity index (χ4v) is 2.47. The van der Waals surface area contributed by atoms with Crippen molar-refractivity contribution in [2.24, 2.45) is 0 Å². The van der Waals surface area contributed by atoms with E-state index >= 15 is 0 Å². The highest BCUT2D eigenvalue weighted by molar-refractivity contribution is 5.96. The number of hydrogen-bond acceptors (Lipinski definition) is 3. The monoisotopic (exact) mass is 341 g/mol. The van der Waals surface area contributed by atoms with Crippen molar-refractivity contribution >= 4 is 17.6 Å². The third-order valence-corrected chi connectivity index (χ3v) is 4.27. The van der Waals surface area contributed by atoms with E-state index in [1.54, 1.807) is 19.1 Å². The van der Waals surface area contributed by atoms with Gasteiger partial charge in [0.2, 0.25) is 0 Å². The van der Waals surface area contributed by atoms with Crippen LogP contribution < -0.4 is 10.1 Å². The highest BCUT2D eigenvalue weighted by Crippen LogP contribution is 2.22.